The van der Waals surface area contributed by atoms with Crippen LogP contribution in [0.15, 0.2) is 36.4 Å². The summed E-state index contributed by atoms with van der Waals surface area (Å²) in [5.41, 5.74) is 4.05. The first kappa shape index (κ1) is 18.0. The van der Waals surface area contributed by atoms with Crippen LogP contribution < -0.4 is 0 Å². The molecule has 2 aliphatic rings. The molecule has 0 bridgehead atoms. The Morgan fingerprint density at radius 2 is 1.48 bits per heavy atom. The molecular weight excluding hydrogens is 345 g/mol. The van der Waals surface area contributed by atoms with E-state index in [-0.39, 0.29) is 22.8 Å². The van der Waals surface area contributed by atoms with Crippen molar-refractivity contribution < 1.29 is 19.2 Å². The molecule has 0 amide bonds. The Bertz CT molecular complexity index is 886. The fourth-order valence-corrected chi connectivity index (χ4v) is 4.70. The minimum Gasteiger partial charge on any atom is -0.314 e. The smallest absolute Gasteiger partial charge is 0.148 e. The Hall–Kier alpha value is -2.37. The Morgan fingerprint density at radius 1 is 0.963 bits per heavy atom. The summed E-state index contributed by atoms with van der Waals surface area (Å²) in [5.74, 6) is -1.11. The quantitative estimate of drug-likeness (QED) is 0.820. The summed E-state index contributed by atoms with van der Waals surface area (Å²) in [6.45, 7) is 4.61. The molecule has 0 unspecified atom stereocenters. The molecule has 0 radical (unpaired) electrons. The zero-order valence-electron chi connectivity index (χ0n) is 15.5. The lowest BCUT2D eigenvalue weighted by Gasteiger charge is -2.49. The van der Waals surface area contributed by atoms with E-state index >= 15 is 0 Å². The van der Waals surface area contributed by atoms with Gasteiger partial charge in [-0.15, -0.1) is 0 Å². The maximum atomic E-state index is 13.2. The highest BCUT2D eigenvalue weighted by atomic mass is 19.1. The lowest BCUT2D eigenvalue weighted by Crippen LogP contribution is -2.59. The number of hydrogen-bond donors (Lipinski definition) is 1. The van der Waals surface area contributed by atoms with Gasteiger partial charge in [-0.1, -0.05) is 24.3 Å². The predicted molar refractivity (Wildman–Crippen MR) is 99.1 cm³/mol. The van der Waals surface area contributed by atoms with Crippen LogP contribution in [0.25, 0.3) is 11.1 Å². The zero-order chi connectivity index (χ0) is 19.3. The number of nitrogens with zero attached hydrogens (tertiary/aromatic N) is 1. The average Bonchev–Trinajstić information content (AvgIpc) is 2.56. The molecule has 1 saturated heterocycles. The Labute approximate surface area is 157 Å². The molecular formula is C22H22FNO3. The second-order valence-electron chi connectivity index (χ2n) is 8.07. The van der Waals surface area contributed by atoms with Crippen molar-refractivity contribution >= 4 is 11.6 Å². The van der Waals surface area contributed by atoms with E-state index in [9.17, 15) is 19.2 Å². The normalized spacial score (nSPS) is 20.1. The summed E-state index contributed by atoms with van der Waals surface area (Å²) in [7, 11) is 0. The van der Waals surface area contributed by atoms with Crippen molar-refractivity contribution in [2.24, 2.45) is 5.41 Å². The third kappa shape index (κ3) is 3.11. The van der Waals surface area contributed by atoms with E-state index in [2.05, 4.69) is 0 Å². The molecule has 1 N–H and O–H groups in total. The summed E-state index contributed by atoms with van der Waals surface area (Å²) < 4.78 is 13.2. The van der Waals surface area contributed by atoms with Crippen LogP contribution in [0.5, 0.6) is 0 Å². The van der Waals surface area contributed by atoms with Crippen molar-refractivity contribution in [1.29, 1.82) is 0 Å². The van der Waals surface area contributed by atoms with E-state index in [1.54, 1.807) is 12.1 Å². The van der Waals surface area contributed by atoms with Gasteiger partial charge in [-0.05, 0) is 53.8 Å². The van der Waals surface area contributed by atoms with E-state index in [0.29, 0.717) is 25.9 Å². The molecule has 4 rings (SSSR count). The maximum absolute atomic E-state index is 13.2. The van der Waals surface area contributed by atoms with Crippen molar-refractivity contribution in [3.63, 3.8) is 0 Å². The van der Waals surface area contributed by atoms with Crippen molar-refractivity contribution in [2.45, 2.75) is 32.6 Å². The number of ketones is 2. The van der Waals surface area contributed by atoms with Crippen LogP contribution in [-0.4, -0.2) is 34.9 Å². The largest absolute Gasteiger partial charge is 0.314 e. The maximum Gasteiger partial charge on any atom is 0.148 e. The lowest BCUT2D eigenvalue weighted by atomic mass is 9.63. The van der Waals surface area contributed by atoms with E-state index in [4.69, 9.17) is 0 Å². The summed E-state index contributed by atoms with van der Waals surface area (Å²) in [5, 5.41) is 10.6. The van der Waals surface area contributed by atoms with Gasteiger partial charge in [0.15, 0.2) is 0 Å². The Balaban J connectivity index is 1.67. The Morgan fingerprint density at radius 3 is 1.96 bits per heavy atom. The number of aryl methyl sites for hydroxylation is 2. The first-order chi connectivity index (χ1) is 12.8. The fourth-order valence-electron chi connectivity index (χ4n) is 4.70. The summed E-state index contributed by atoms with van der Waals surface area (Å²) >= 11 is 0. The minimum absolute atomic E-state index is 0.0555. The highest BCUT2D eigenvalue weighted by Gasteiger charge is 2.52. The van der Waals surface area contributed by atoms with Crippen LogP contribution in [0.4, 0.5) is 4.39 Å². The zero-order valence-corrected chi connectivity index (χ0v) is 15.5. The number of halogens is 1. The number of hydroxylamine groups is 2. The van der Waals surface area contributed by atoms with Gasteiger partial charge in [0, 0.05) is 31.3 Å². The number of hydrogen-bond acceptors (Lipinski definition) is 4. The number of rotatable bonds is 2. The van der Waals surface area contributed by atoms with Gasteiger partial charge < -0.3 is 5.21 Å². The van der Waals surface area contributed by atoms with Crippen LogP contribution >= 0.6 is 0 Å². The van der Waals surface area contributed by atoms with Gasteiger partial charge in [0.25, 0.3) is 0 Å². The van der Waals surface area contributed by atoms with Gasteiger partial charge in [0.05, 0.1) is 0 Å². The number of benzene rings is 2. The van der Waals surface area contributed by atoms with Crippen LogP contribution in [0.2, 0.25) is 0 Å². The number of Topliss-reactive ketones (excluding diaryl/α,β-unsaturated/α-hetero) is 2. The monoisotopic (exact) mass is 367 g/mol. The van der Waals surface area contributed by atoms with Crippen molar-refractivity contribution in [2.75, 3.05) is 13.1 Å². The second-order valence-corrected chi connectivity index (χ2v) is 8.07. The molecule has 2 aromatic rings. The molecule has 1 heterocycles. The molecule has 2 aromatic carbocycles. The number of carbonyl (C=O) groups excluding carboxylic acids is 2. The highest BCUT2D eigenvalue weighted by Crippen LogP contribution is 2.45. The van der Waals surface area contributed by atoms with Crippen molar-refractivity contribution in [3.8, 4) is 11.1 Å². The molecule has 4 nitrogen and oxygen atoms in total. The summed E-state index contributed by atoms with van der Waals surface area (Å²) in [6, 6.07) is 10.2. The molecule has 1 spiro atoms. The van der Waals surface area contributed by atoms with Crippen molar-refractivity contribution in [3.05, 3.63) is 58.9 Å². The molecule has 1 aliphatic heterocycles. The van der Waals surface area contributed by atoms with Crippen LogP contribution in [0, 0.1) is 25.1 Å². The molecule has 0 aromatic heterocycles. The van der Waals surface area contributed by atoms with Crippen LogP contribution in [-0.2, 0) is 9.59 Å². The predicted octanol–water partition coefficient (Wildman–Crippen LogP) is 3.82. The van der Waals surface area contributed by atoms with E-state index < -0.39 is 5.92 Å². The molecule has 5 heteroatoms. The molecule has 0 atom stereocenters. The first-order valence-electron chi connectivity index (χ1n) is 9.14. The highest BCUT2D eigenvalue weighted by molar-refractivity contribution is 6.10. The molecule has 1 aliphatic carbocycles. The lowest BCUT2D eigenvalue weighted by molar-refractivity contribution is -0.214. The van der Waals surface area contributed by atoms with Crippen LogP contribution in [0.1, 0.15) is 35.4 Å². The molecule has 27 heavy (non-hydrogen) atoms. The van der Waals surface area contributed by atoms with Crippen LogP contribution in [0.3, 0.4) is 0 Å². The SMILES string of the molecule is Cc1cc(-c2ccc(F)cc2)cc(C)c1C1C(=O)CC2(CC1=O)CN(O)C2. The standard InChI is InChI=1S/C22H22FNO3/c1-13-7-16(15-3-5-17(23)6-4-15)8-14(2)20(13)21-18(25)9-22(10-19(21)26)11-24(27)12-22/h3-8,21,27H,9-12H2,1-2H3. The van der Waals surface area contributed by atoms with Gasteiger partial charge in [-0.2, -0.15) is 5.06 Å². The van der Waals surface area contributed by atoms with Gasteiger partial charge in [0.1, 0.15) is 23.3 Å². The topological polar surface area (TPSA) is 57.6 Å². The molecule has 1 saturated carbocycles. The minimum atomic E-state index is -0.717. The van der Waals surface area contributed by atoms with E-state index in [1.807, 2.05) is 26.0 Å². The third-order valence-electron chi connectivity index (χ3n) is 5.84. The Kier molecular flexibility index (Phi) is 4.24. The van der Waals surface area contributed by atoms with Gasteiger partial charge in [0.2, 0.25) is 0 Å². The molecule has 140 valence electrons. The number of carbonyl (C=O) groups is 2. The van der Waals surface area contributed by atoms with Gasteiger partial charge >= 0.3 is 0 Å². The van der Waals surface area contributed by atoms with Gasteiger partial charge in [-0.3, -0.25) is 9.59 Å². The summed E-state index contributed by atoms with van der Waals surface area (Å²) in [6.07, 6.45) is 0.665. The second kappa shape index (κ2) is 6.36. The first-order valence-corrected chi connectivity index (χ1v) is 9.14. The van der Waals surface area contributed by atoms with Gasteiger partial charge in [-0.25, -0.2) is 4.39 Å². The molecule has 2 fully saturated rings. The summed E-state index contributed by atoms with van der Waals surface area (Å²) in [4.78, 5) is 25.7. The third-order valence-corrected chi connectivity index (χ3v) is 5.84. The van der Waals surface area contributed by atoms with E-state index in [1.165, 1.54) is 12.1 Å². The fraction of sp³-hybridized carbons (Fsp3) is 0.364. The average molecular weight is 367 g/mol. The van der Waals surface area contributed by atoms with E-state index in [0.717, 1.165) is 32.9 Å². The van der Waals surface area contributed by atoms with Crippen molar-refractivity contribution in [1.82, 2.24) is 5.06 Å².